The maximum absolute atomic E-state index is 11.9. The summed E-state index contributed by atoms with van der Waals surface area (Å²) in [6.45, 7) is 2.72. The van der Waals surface area contributed by atoms with Gasteiger partial charge in [0.2, 0.25) is 0 Å². The Morgan fingerprint density at radius 3 is 2.42 bits per heavy atom. The van der Waals surface area contributed by atoms with E-state index in [1.54, 1.807) is 24.3 Å². The van der Waals surface area contributed by atoms with Gasteiger partial charge in [-0.25, -0.2) is 4.79 Å². The molecule has 0 unspecified atom stereocenters. The zero-order valence-corrected chi connectivity index (χ0v) is 12.9. The maximum Gasteiger partial charge on any atom is 0.433 e. The van der Waals surface area contributed by atoms with Crippen molar-refractivity contribution in [3.63, 3.8) is 0 Å². The fourth-order valence-corrected chi connectivity index (χ4v) is 1.85. The van der Waals surface area contributed by atoms with Gasteiger partial charge in [0.1, 0.15) is 4.92 Å². The average Bonchev–Trinajstić information content (AvgIpc) is 3.05. The van der Waals surface area contributed by atoms with Gasteiger partial charge in [0.05, 0.1) is 6.07 Å². The van der Waals surface area contributed by atoms with Crippen molar-refractivity contribution in [2.75, 3.05) is 11.9 Å². The van der Waals surface area contributed by atoms with Crippen molar-refractivity contribution in [3.8, 4) is 0 Å². The molecule has 1 aromatic carbocycles. The van der Waals surface area contributed by atoms with E-state index in [4.69, 9.17) is 4.42 Å². The molecule has 0 radical (unpaired) electrons. The Morgan fingerprint density at radius 1 is 1.12 bits per heavy atom. The quantitative estimate of drug-likeness (QED) is 0.552. The largest absolute Gasteiger partial charge is 0.433 e. The van der Waals surface area contributed by atoms with Gasteiger partial charge in [-0.15, -0.1) is 0 Å². The van der Waals surface area contributed by atoms with Gasteiger partial charge < -0.3 is 20.4 Å². The van der Waals surface area contributed by atoms with E-state index in [0.29, 0.717) is 18.8 Å². The third-order valence-corrected chi connectivity index (χ3v) is 3.00. The first-order valence-electron chi connectivity index (χ1n) is 7.16. The number of anilines is 1. The van der Waals surface area contributed by atoms with Crippen molar-refractivity contribution in [2.24, 2.45) is 0 Å². The molecule has 24 heavy (non-hydrogen) atoms. The molecule has 9 nitrogen and oxygen atoms in total. The van der Waals surface area contributed by atoms with Crippen LogP contribution in [0.5, 0.6) is 0 Å². The Morgan fingerprint density at radius 2 is 1.83 bits per heavy atom. The molecule has 0 saturated heterocycles. The summed E-state index contributed by atoms with van der Waals surface area (Å²) in [5, 5.41) is 18.4. The monoisotopic (exact) mass is 332 g/mol. The lowest BCUT2D eigenvalue weighted by Crippen LogP contribution is -2.34. The molecule has 0 fully saturated rings. The van der Waals surface area contributed by atoms with Crippen LogP contribution in [0, 0.1) is 10.1 Å². The third kappa shape index (κ3) is 4.57. The summed E-state index contributed by atoms with van der Waals surface area (Å²) in [4.78, 5) is 33.0. The fourth-order valence-electron chi connectivity index (χ4n) is 1.85. The lowest BCUT2D eigenvalue weighted by molar-refractivity contribution is -0.402. The standard InChI is InChI=1S/C15H16N4O5/c1-2-16-15(21)17-9-10-3-5-11(6-4-10)18-14(20)12-7-8-13(24-12)19(22)23/h3-8H,2,9H2,1H3,(H,18,20)(H2,16,17,21). The number of carbonyl (C=O) groups is 2. The molecule has 0 aliphatic rings. The van der Waals surface area contributed by atoms with Crippen LogP contribution in [0.15, 0.2) is 40.8 Å². The van der Waals surface area contributed by atoms with E-state index in [-0.39, 0.29) is 11.8 Å². The Kier molecular flexibility index (Phi) is 5.50. The Bertz CT molecular complexity index is 739. The summed E-state index contributed by atoms with van der Waals surface area (Å²) >= 11 is 0. The normalized spacial score (nSPS) is 10.0. The van der Waals surface area contributed by atoms with Crippen LogP contribution in [0.25, 0.3) is 0 Å². The molecule has 0 spiro atoms. The van der Waals surface area contributed by atoms with Crippen LogP contribution in [0.2, 0.25) is 0 Å². The first kappa shape index (κ1) is 17.0. The number of nitrogens with one attached hydrogen (secondary N) is 3. The van der Waals surface area contributed by atoms with Gasteiger partial charge in [0.25, 0.3) is 5.91 Å². The molecular weight excluding hydrogens is 316 g/mol. The van der Waals surface area contributed by atoms with Crippen molar-refractivity contribution in [3.05, 3.63) is 57.8 Å². The molecule has 9 heteroatoms. The zero-order valence-electron chi connectivity index (χ0n) is 12.9. The molecule has 0 aliphatic heterocycles. The lowest BCUT2D eigenvalue weighted by Gasteiger charge is -2.07. The molecule has 2 rings (SSSR count). The van der Waals surface area contributed by atoms with Crippen LogP contribution in [0.4, 0.5) is 16.4 Å². The summed E-state index contributed by atoms with van der Waals surface area (Å²) in [5.41, 5.74) is 1.36. The number of benzene rings is 1. The van der Waals surface area contributed by atoms with Crippen LogP contribution in [0.3, 0.4) is 0 Å². The second kappa shape index (κ2) is 7.77. The minimum Gasteiger partial charge on any atom is -0.395 e. The number of nitro groups is 1. The van der Waals surface area contributed by atoms with E-state index < -0.39 is 16.7 Å². The van der Waals surface area contributed by atoms with E-state index in [1.165, 1.54) is 6.07 Å². The highest BCUT2D eigenvalue weighted by atomic mass is 16.6. The number of nitrogens with zero attached hydrogens (tertiary/aromatic N) is 1. The minimum atomic E-state index is -0.715. The topological polar surface area (TPSA) is 127 Å². The van der Waals surface area contributed by atoms with E-state index in [0.717, 1.165) is 11.6 Å². The molecule has 0 saturated carbocycles. The molecule has 0 bridgehead atoms. The first-order chi connectivity index (χ1) is 11.5. The molecule has 2 aromatic rings. The fraction of sp³-hybridized carbons (Fsp3) is 0.200. The second-order valence-corrected chi connectivity index (χ2v) is 4.76. The van der Waals surface area contributed by atoms with Gasteiger partial charge in [-0.05, 0) is 30.7 Å². The van der Waals surface area contributed by atoms with E-state index >= 15 is 0 Å². The van der Waals surface area contributed by atoms with Crippen LogP contribution in [-0.4, -0.2) is 23.4 Å². The van der Waals surface area contributed by atoms with Gasteiger partial charge in [0, 0.05) is 18.8 Å². The first-order valence-corrected chi connectivity index (χ1v) is 7.16. The number of hydrogen-bond acceptors (Lipinski definition) is 5. The molecule has 3 amide bonds. The molecule has 3 N–H and O–H groups in total. The van der Waals surface area contributed by atoms with Crippen molar-refractivity contribution in [1.29, 1.82) is 0 Å². The van der Waals surface area contributed by atoms with Crippen LogP contribution in [-0.2, 0) is 6.54 Å². The van der Waals surface area contributed by atoms with Gasteiger partial charge in [-0.3, -0.25) is 14.9 Å². The van der Waals surface area contributed by atoms with Crippen LogP contribution >= 0.6 is 0 Å². The summed E-state index contributed by atoms with van der Waals surface area (Å²) in [5.74, 6) is -1.23. The Labute approximate surface area is 137 Å². The number of hydrogen-bond donors (Lipinski definition) is 3. The number of amides is 3. The highest BCUT2D eigenvalue weighted by Gasteiger charge is 2.17. The Hall–Kier alpha value is -3.36. The van der Waals surface area contributed by atoms with Gasteiger partial charge in [-0.1, -0.05) is 12.1 Å². The zero-order chi connectivity index (χ0) is 17.5. The summed E-state index contributed by atoms with van der Waals surface area (Å²) in [6.07, 6.45) is 0. The highest BCUT2D eigenvalue weighted by molar-refractivity contribution is 6.02. The number of furan rings is 1. The number of carbonyl (C=O) groups excluding carboxylic acids is 2. The van der Waals surface area contributed by atoms with Gasteiger partial charge in [-0.2, -0.15) is 0 Å². The van der Waals surface area contributed by atoms with E-state index in [2.05, 4.69) is 16.0 Å². The molecular formula is C15H16N4O5. The predicted molar refractivity (Wildman–Crippen MR) is 85.7 cm³/mol. The van der Waals surface area contributed by atoms with Crippen LogP contribution in [0.1, 0.15) is 23.0 Å². The number of rotatable bonds is 6. The van der Waals surface area contributed by atoms with Crippen molar-refractivity contribution in [1.82, 2.24) is 10.6 Å². The highest BCUT2D eigenvalue weighted by Crippen LogP contribution is 2.17. The molecule has 1 aromatic heterocycles. The maximum atomic E-state index is 11.9. The third-order valence-electron chi connectivity index (χ3n) is 3.00. The molecule has 0 aliphatic carbocycles. The van der Waals surface area contributed by atoms with E-state index in [1.807, 2.05) is 6.92 Å². The summed E-state index contributed by atoms with van der Waals surface area (Å²) < 4.78 is 4.83. The lowest BCUT2D eigenvalue weighted by atomic mass is 10.2. The predicted octanol–water partition coefficient (Wildman–Crippen LogP) is 2.26. The smallest absolute Gasteiger partial charge is 0.395 e. The van der Waals surface area contributed by atoms with Gasteiger partial charge in [0.15, 0.2) is 5.76 Å². The van der Waals surface area contributed by atoms with Crippen molar-refractivity contribution >= 4 is 23.5 Å². The average molecular weight is 332 g/mol. The second-order valence-electron chi connectivity index (χ2n) is 4.76. The van der Waals surface area contributed by atoms with Gasteiger partial charge >= 0.3 is 11.9 Å². The van der Waals surface area contributed by atoms with E-state index in [9.17, 15) is 19.7 Å². The summed E-state index contributed by atoms with van der Waals surface area (Å²) in [7, 11) is 0. The van der Waals surface area contributed by atoms with Crippen molar-refractivity contribution < 1.29 is 18.9 Å². The van der Waals surface area contributed by atoms with Crippen LogP contribution < -0.4 is 16.0 Å². The summed E-state index contributed by atoms with van der Waals surface area (Å²) in [6, 6.07) is 8.89. The molecule has 126 valence electrons. The SMILES string of the molecule is CCNC(=O)NCc1ccc(NC(=O)c2ccc([N+](=O)[O-])o2)cc1. The number of urea groups is 1. The molecule has 0 atom stereocenters. The minimum absolute atomic E-state index is 0.149. The Balaban J connectivity index is 1.92. The molecule has 1 heterocycles. The van der Waals surface area contributed by atoms with Crippen molar-refractivity contribution in [2.45, 2.75) is 13.5 Å².